The summed E-state index contributed by atoms with van der Waals surface area (Å²) in [5.74, 6) is 0.688. The molecule has 1 amide bonds. The highest BCUT2D eigenvalue weighted by Crippen LogP contribution is 2.57. The minimum Gasteiger partial charge on any atom is -0.366 e. The molecule has 2 N–H and O–H groups in total. The number of hydrogen-bond donors (Lipinski definition) is 2. The third kappa shape index (κ3) is 4.35. The average Bonchev–Trinajstić information content (AvgIpc) is 3.60. The van der Waals surface area contributed by atoms with Gasteiger partial charge in [0.25, 0.3) is 0 Å². The Hall–Kier alpha value is -1.28. The van der Waals surface area contributed by atoms with E-state index in [1.54, 1.807) is 6.08 Å². The van der Waals surface area contributed by atoms with Crippen LogP contribution in [0, 0.1) is 11.8 Å². The summed E-state index contributed by atoms with van der Waals surface area (Å²) in [5.41, 5.74) is -0.829. The van der Waals surface area contributed by atoms with Crippen molar-refractivity contribution >= 4 is 11.7 Å². The summed E-state index contributed by atoms with van der Waals surface area (Å²) in [4.78, 5) is 24.4. The lowest BCUT2D eigenvalue weighted by Gasteiger charge is -2.26. The Kier molecular flexibility index (Phi) is 6.35. The van der Waals surface area contributed by atoms with Gasteiger partial charge in [-0.15, -0.1) is 0 Å². The third-order valence-corrected chi connectivity index (χ3v) is 6.96. The van der Waals surface area contributed by atoms with Gasteiger partial charge in [0.2, 0.25) is 5.91 Å². The monoisotopic (exact) mass is 421 g/mol. The summed E-state index contributed by atoms with van der Waals surface area (Å²) in [7, 11) is 0. The molecule has 0 aromatic rings. The highest BCUT2D eigenvalue weighted by molar-refractivity contribution is 5.94. The van der Waals surface area contributed by atoms with Gasteiger partial charge in [-0.1, -0.05) is 59.0 Å². The molecule has 3 aliphatic heterocycles. The zero-order chi connectivity index (χ0) is 21.5. The van der Waals surface area contributed by atoms with E-state index >= 15 is 0 Å². The van der Waals surface area contributed by atoms with Crippen molar-refractivity contribution in [2.45, 2.75) is 108 Å². The molecule has 0 aromatic carbocycles. The zero-order valence-electron chi connectivity index (χ0n) is 18.2. The molecule has 1 saturated carbocycles. The number of ketones is 1. The number of unbranched alkanes of at least 4 members (excludes halogenated alkanes) is 3. The van der Waals surface area contributed by atoms with E-state index in [0.717, 1.165) is 6.42 Å². The summed E-state index contributed by atoms with van der Waals surface area (Å²) >= 11 is 0. The van der Waals surface area contributed by atoms with E-state index in [0.29, 0.717) is 18.3 Å². The smallest absolute Gasteiger partial charge is 0.244 e. The lowest BCUT2D eigenvalue weighted by Crippen LogP contribution is -2.49. The van der Waals surface area contributed by atoms with Crippen molar-refractivity contribution in [3.63, 3.8) is 0 Å². The summed E-state index contributed by atoms with van der Waals surface area (Å²) in [6.45, 7) is 6.63. The molecule has 3 unspecified atom stereocenters. The number of allylic oxidation sites excluding steroid dienone is 1. The first-order chi connectivity index (χ1) is 14.4. The van der Waals surface area contributed by atoms with Gasteiger partial charge >= 0.3 is 0 Å². The Bertz CT molecular complexity index is 673. The lowest BCUT2D eigenvalue weighted by molar-refractivity contribution is -0.159. The van der Waals surface area contributed by atoms with Gasteiger partial charge in [-0.3, -0.25) is 9.59 Å². The molecule has 4 rings (SSSR count). The number of ether oxygens (including phenoxy) is 3. The second-order valence-electron chi connectivity index (χ2n) is 9.67. The van der Waals surface area contributed by atoms with Crippen LogP contribution in [-0.2, 0) is 23.8 Å². The number of aliphatic hydroxyl groups excluding tert-OH is 1. The third-order valence-electron chi connectivity index (χ3n) is 6.96. The van der Waals surface area contributed by atoms with E-state index in [1.165, 1.54) is 32.1 Å². The van der Waals surface area contributed by atoms with Gasteiger partial charge in [-0.25, -0.2) is 0 Å². The fourth-order valence-corrected chi connectivity index (χ4v) is 5.25. The maximum atomic E-state index is 12.4. The molecule has 0 bridgehead atoms. The van der Waals surface area contributed by atoms with Crippen LogP contribution in [0.2, 0.25) is 0 Å². The minimum atomic E-state index is -1.13. The summed E-state index contributed by atoms with van der Waals surface area (Å²) in [6, 6.07) is -0.544. The maximum Gasteiger partial charge on any atom is 0.244 e. The molecule has 0 radical (unpaired) electrons. The van der Waals surface area contributed by atoms with Gasteiger partial charge in [0, 0.05) is 6.42 Å². The zero-order valence-corrected chi connectivity index (χ0v) is 18.2. The Morgan fingerprint density at radius 2 is 1.93 bits per heavy atom. The van der Waals surface area contributed by atoms with Crippen molar-refractivity contribution in [3.8, 4) is 0 Å². The van der Waals surface area contributed by atoms with Crippen LogP contribution in [0.25, 0.3) is 0 Å². The number of carbonyl (C=O) groups is 2. The van der Waals surface area contributed by atoms with Crippen molar-refractivity contribution < 1.29 is 28.9 Å². The van der Waals surface area contributed by atoms with Crippen LogP contribution in [0.4, 0.5) is 0 Å². The molecule has 3 saturated heterocycles. The molecular weight excluding hydrogens is 386 g/mol. The van der Waals surface area contributed by atoms with Crippen LogP contribution in [0.3, 0.4) is 0 Å². The first-order valence-electron chi connectivity index (χ1n) is 11.5. The number of Topliss-reactive ketones (excluding diaryl/α,β-unsaturated/α-hetero) is 1. The molecule has 4 fully saturated rings. The Morgan fingerprint density at radius 3 is 2.60 bits per heavy atom. The number of amides is 1. The number of fused-ring (bicyclic) bond motifs is 4. The van der Waals surface area contributed by atoms with E-state index in [-0.39, 0.29) is 23.9 Å². The molecular formula is C23H35NO6. The number of carbonyl (C=O) groups excluding carboxylic acids is 2. The number of aliphatic hydroxyl groups is 1. The summed E-state index contributed by atoms with van der Waals surface area (Å²) < 4.78 is 16.8. The predicted octanol–water partition coefficient (Wildman–Crippen LogP) is 2.26. The molecule has 7 heteroatoms. The summed E-state index contributed by atoms with van der Waals surface area (Å²) in [5, 5.41) is 13.2. The molecule has 7 nitrogen and oxygen atoms in total. The van der Waals surface area contributed by atoms with Crippen molar-refractivity contribution in [3.05, 3.63) is 12.2 Å². The van der Waals surface area contributed by atoms with Gasteiger partial charge in [-0.2, -0.15) is 0 Å². The molecule has 9 atom stereocenters. The Balaban J connectivity index is 1.22. The van der Waals surface area contributed by atoms with Crippen molar-refractivity contribution in [2.75, 3.05) is 0 Å². The molecule has 1 aliphatic carbocycles. The van der Waals surface area contributed by atoms with Gasteiger partial charge in [0.05, 0.1) is 6.04 Å². The number of rotatable bonds is 10. The number of hydrogen-bond acceptors (Lipinski definition) is 6. The van der Waals surface area contributed by atoms with Gasteiger partial charge in [0.1, 0.15) is 30.0 Å². The van der Waals surface area contributed by atoms with Crippen LogP contribution in [0.5, 0.6) is 0 Å². The van der Waals surface area contributed by atoms with Gasteiger partial charge in [0.15, 0.2) is 12.1 Å². The van der Waals surface area contributed by atoms with Crippen LogP contribution >= 0.6 is 0 Å². The van der Waals surface area contributed by atoms with Crippen molar-refractivity contribution in [1.82, 2.24) is 5.32 Å². The fourth-order valence-electron chi connectivity index (χ4n) is 5.25. The van der Waals surface area contributed by atoms with E-state index in [2.05, 4.69) is 26.1 Å². The molecule has 0 aromatic heterocycles. The molecule has 3 heterocycles. The molecule has 168 valence electrons. The Morgan fingerprint density at radius 1 is 1.23 bits per heavy atom. The van der Waals surface area contributed by atoms with Crippen LogP contribution in [0.1, 0.15) is 65.7 Å². The maximum absolute atomic E-state index is 12.4. The highest BCUT2D eigenvalue weighted by atomic mass is 16.7. The lowest BCUT2D eigenvalue weighted by atomic mass is 9.81. The largest absolute Gasteiger partial charge is 0.366 e. The standard InChI is InChI=1S/C23H35NO6/c1-4-5-6-7-8-13(2)11-14(3)9-10-16(25)24-15-12-23(30-22(15)27)20-18(28-20)17(26)19-21(23)29-19/h9-10,13-15,18-22,27H,4-8,11-12H2,1-3H3,(H,24,25)/b10-9+/t13?,14?,15-,18-,19+,20-,21+,22+,23?/m0/s1. The van der Waals surface area contributed by atoms with Gasteiger partial charge < -0.3 is 24.6 Å². The molecule has 30 heavy (non-hydrogen) atoms. The van der Waals surface area contributed by atoms with E-state index in [4.69, 9.17) is 14.2 Å². The first-order valence-corrected chi connectivity index (χ1v) is 11.5. The molecule has 4 aliphatic rings. The van der Waals surface area contributed by atoms with E-state index < -0.39 is 30.1 Å². The first kappa shape index (κ1) is 21.9. The fraction of sp³-hybridized carbons (Fsp3) is 0.826. The van der Waals surface area contributed by atoms with Crippen LogP contribution in [-0.4, -0.2) is 59.1 Å². The van der Waals surface area contributed by atoms with Crippen molar-refractivity contribution in [2.24, 2.45) is 11.8 Å². The van der Waals surface area contributed by atoms with E-state index in [9.17, 15) is 14.7 Å². The number of epoxide rings is 2. The highest BCUT2D eigenvalue weighted by Gasteiger charge is 2.79. The van der Waals surface area contributed by atoms with Crippen LogP contribution < -0.4 is 5.32 Å². The summed E-state index contributed by atoms with van der Waals surface area (Å²) in [6.07, 6.45) is 8.45. The quantitative estimate of drug-likeness (QED) is 0.319. The number of nitrogens with one attached hydrogen (secondary N) is 1. The molecule has 1 spiro atoms. The second kappa shape index (κ2) is 8.69. The normalized spacial score (nSPS) is 40.9. The topological polar surface area (TPSA) is 101 Å². The Labute approximate surface area is 178 Å². The predicted molar refractivity (Wildman–Crippen MR) is 110 cm³/mol. The average molecular weight is 422 g/mol. The van der Waals surface area contributed by atoms with Gasteiger partial charge in [-0.05, 0) is 24.3 Å². The second-order valence-corrected chi connectivity index (χ2v) is 9.67. The SMILES string of the molecule is CCCCCCC(C)CC(C)/C=C/C(=O)N[C@H]1CC2(O[C@H]1O)[C@@H]1O[C@@H]1C(=O)[C@@H]1O[C@@H]12. The van der Waals surface area contributed by atoms with E-state index in [1.807, 2.05) is 6.08 Å². The van der Waals surface area contributed by atoms with Crippen molar-refractivity contribution in [1.29, 1.82) is 0 Å². The van der Waals surface area contributed by atoms with Crippen LogP contribution in [0.15, 0.2) is 12.2 Å². The minimum absolute atomic E-state index is 0.0299.